The van der Waals surface area contributed by atoms with Crippen LogP contribution in [0.25, 0.3) is 0 Å². The van der Waals surface area contributed by atoms with Crippen molar-refractivity contribution in [1.82, 2.24) is 14.7 Å². The number of hydrogen-bond donors (Lipinski definition) is 0. The molecule has 0 spiro atoms. The fourth-order valence-electron chi connectivity index (χ4n) is 3.73. The molecule has 0 aromatic carbocycles. The monoisotopic (exact) mass is 291 g/mol. The Labute approximate surface area is 126 Å². The molecule has 1 aliphatic heterocycles. The molecule has 0 radical (unpaired) electrons. The number of rotatable bonds is 2. The van der Waals surface area contributed by atoms with E-state index in [0.717, 1.165) is 36.3 Å². The van der Waals surface area contributed by atoms with Gasteiger partial charge in [0.25, 0.3) is 0 Å². The molecule has 1 aromatic rings. The van der Waals surface area contributed by atoms with Crippen molar-refractivity contribution in [3.63, 3.8) is 0 Å². The van der Waals surface area contributed by atoms with Gasteiger partial charge in [0.05, 0.1) is 30.9 Å². The molecule has 2 atom stereocenters. The van der Waals surface area contributed by atoms with Crippen LogP contribution in [-0.4, -0.2) is 45.9 Å². The zero-order chi connectivity index (χ0) is 15.0. The van der Waals surface area contributed by atoms with Gasteiger partial charge in [0.15, 0.2) is 0 Å². The Balaban J connectivity index is 1.75. The molecule has 3 rings (SSSR count). The van der Waals surface area contributed by atoms with Crippen molar-refractivity contribution in [3.05, 3.63) is 17.0 Å². The van der Waals surface area contributed by atoms with E-state index in [-0.39, 0.29) is 18.1 Å². The van der Waals surface area contributed by atoms with E-state index in [0.29, 0.717) is 13.0 Å². The largest absolute Gasteiger partial charge is 0.374 e. The normalized spacial score (nSPS) is 25.8. The Morgan fingerprint density at radius 2 is 2.10 bits per heavy atom. The van der Waals surface area contributed by atoms with Gasteiger partial charge in [-0.1, -0.05) is 12.8 Å². The van der Waals surface area contributed by atoms with E-state index in [2.05, 4.69) is 10.00 Å². The lowest BCUT2D eigenvalue weighted by Gasteiger charge is -2.43. The summed E-state index contributed by atoms with van der Waals surface area (Å²) in [6.07, 6.45) is 5.34. The van der Waals surface area contributed by atoms with Crippen molar-refractivity contribution in [2.45, 2.75) is 58.1 Å². The van der Waals surface area contributed by atoms with Gasteiger partial charge < -0.3 is 9.64 Å². The van der Waals surface area contributed by atoms with E-state index in [1.807, 2.05) is 25.6 Å². The predicted octanol–water partition coefficient (Wildman–Crippen LogP) is 1.75. The number of carbonyl (C=O) groups excluding carboxylic acids is 1. The van der Waals surface area contributed by atoms with Gasteiger partial charge in [0, 0.05) is 24.8 Å². The van der Waals surface area contributed by atoms with Gasteiger partial charge in [-0.05, 0) is 26.7 Å². The van der Waals surface area contributed by atoms with E-state index in [1.54, 1.807) is 0 Å². The Hall–Kier alpha value is -1.36. The summed E-state index contributed by atoms with van der Waals surface area (Å²) in [4.78, 5) is 14.8. The average Bonchev–Trinajstić information content (AvgIpc) is 2.73. The molecule has 0 N–H and O–H groups in total. The molecule has 0 unspecified atom stereocenters. The van der Waals surface area contributed by atoms with Crippen LogP contribution in [0.15, 0.2) is 0 Å². The van der Waals surface area contributed by atoms with Gasteiger partial charge in [-0.15, -0.1) is 0 Å². The van der Waals surface area contributed by atoms with Crippen LogP contribution in [0.2, 0.25) is 0 Å². The molecule has 1 aromatic heterocycles. The van der Waals surface area contributed by atoms with E-state index >= 15 is 0 Å². The molecular weight excluding hydrogens is 266 g/mol. The van der Waals surface area contributed by atoms with Crippen LogP contribution in [0.5, 0.6) is 0 Å². The molecule has 2 fully saturated rings. The predicted molar refractivity (Wildman–Crippen MR) is 80.1 cm³/mol. The second-order valence-corrected chi connectivity index (χ2v) is 6.30. The second kappa shape index (κ2) is 5.79. The molecule has 1 amide bonds. The SMILES string of the molecule is Cc1nn(C)c(C)c1CC(=O)N1CCO[C@H]2CCCC[C@H]21. The molecule has 2 heterocycles. The minimum atomic E-state index is 0.231. The lowest BCUT2D eigenvalue weighted by Crippen LogP contribution is -2.55. The molecule has 0 bridgehead atoms. The van der Waals surface area contributed by atoms with E-state index in [9.17, 15) is 4.79 Å². The van der Waals surface area contributed by atoms with Gasteiger partial charge in [-0.25, -0.2) is 0 Å². The third kappa shape index (κ3) is 2.71. The number of morpholine rings is 1. The lowest BCUT2D eigenvalue weighted by atomic mass is 9.89. The fraction of sp³-hybridized carbons (Fsp3) is 0.750. The average molecular weight is 291 g/mol. The van der Waals surface area contributed by atoms with Crippen molar-refractivity contribution < 1.29 is 9.53 Å². The summed E-state index contributed by atoms with van der Waals surface area (Å²) < 4.78 is 7.72. The van der Waals surface area contributed by atoms with Crippen LogP contribution in [0, 0.1) is 13.8 Å². The van der Waals surface area contributed by atoms with E-state index in [1.165, 1.54) is 12.8 Å². The Morgan fingerprint density at radius 1 is 1.33 bits per heavy atom. The van der Waals surface area contributed by atoms with Crippen LogP contribution in [0.3, 0.4) is 0 Å². The maximum atomic E-state index is 12.8. The molecule has 5 heteroatoms. The molecule has 1 saturated carbocycles. The van der Waals surface area contributed by atoms with Gasteiger partial charge >= 0.3 is 0 Å². The smallest absolute Gasteiger partial charge is 0.227 e. The lowest BCUT2D eigenvalue weighted by molar-refractivity contribution is -0.148. The summed E-state index contributed by atoms with van der Waals surface area (Å²) in [6, 6.07) is 0.289. The van der Waals surface area contributed by atoms with Crippen LogP contribution >= 0.6 is 0 Å². The summed E-state index contributed by atoms with van der Waals surface area (Å²) in [5, 5.41) is 4.41. The van der Waals surface area contributed by atoms with Crippen molar-refractivity contribution in [3.8, 4) is 0 Å². The van der Waals surface area contributed by atoms with Crippen LogP contribution in [-0.2, 0) is 23.0 Å². The number of ether oxygens (including phenoxy) is 1. The molecule has 2 aliphatic rings. The van der Waals surface area contributed by atoms with Crippen molar-refractivity contribution >= 4 is 5.91 Å². The second-order valence-electron chi connectivity index (χ2n) is 6.30. The summed E-state index contributed by atoms with van der Waals surface area (Å²) >= 11 is 0. The number of nitrogens with zero attached hydrogens (tertiary/aromatic N) is 3. The number of amides is 1. The first-order chi connectivity index (χ1) is 10.1. The minimum Gasteiger partial charge on any atom is -0.374 e. The Bertz CT molecular complexity index is 536. The summed E-state index contributed by atoms with van der Waals surface area (Å²) in [5.41, 5.74) is 3.15. The van der Waals surface area contributed by atoms with Crippen LogP contribution < -0.4 is 0 Å². The highest BCUT2D eigenvalue weighted by molar-refractivity contribution is 5.79. The quantitative estimate of drug-likeness (QED) is 0.834. The van der Waals surface area contributed by atoms with Crippen LogP contribution in [0.1, 0.15) is 42.6 Å². The fourth-order valence-corrected chi connectivity index (χ4v) is 3.73. The highest BCUT2D eigenvalue weighted by Gasteiger charge is 2.36. The van der Waals surface area contributed by atoms with E-state index < -0.39 is 0 Å². The number of aromatic nitrogens is 2. The van der Waals surface area contributed by atoms with E-state index in [4.69, 9.17) is 4.74 Å². The topological polar surface area (TPSA) is 47.4 Å². The molecular formula is C16H25N3O2. The Morgan fingerprint density at radius 3 is 2.81 bits per heavy atom. The number of hydrogen-bond acceptors (Lipinski definition) is 3. The van der Waals surface area contributed by atoms with Crippen LogP contribution in [0.4, 0.5) is 0 Å². The zero-order valence-corrected chi connectivity index (χ0v) is 13.3. The molecule has 1 saturated heterocycles. The maximum absolute atomic E-state index is 12.8. The maximum Gasteiger partial charge on any atom is 0.227 e. The number of carbonyl (C=O) groups is 1. The number of aryl methyl sites for hydroxylation is 2. The zero-order valence-electron chi connectivity index (χ0n) is 13.3. The van der Waals surface area contributed by atoms with Gasteiger partial charge in [-0.3, -0.25) is 9.48 Å². The highest BCUT2D eigenvalue weighted by Crippen LogP contribution is 2.29. The van der Waals surface area contributed by atoms with Crippen molar-refractivity contribution in [2.24, 2.45) is 7.05 Å². The Kier molecular flexibility index (Phi) is 4.02. The molecule has 5 nitrogen and oxygen atoms in total. The first-order valence-corrected chi connectivity index (χ1v) is 7.98. The van der Waals surface area contributed by atoms with Gasteiger partial charge in [0.2, 0.25) is 5.91 Å². The number of fused-ring (bicyclic) bond motifs is 1. The molecule has 1 aliphatic carbocycles. The van der Waals surface area contributed by atoms with Gasteiger partial charge in [0.1, 0.15) is 0 Å². The third-order valence-electron chi connectivity index (χ3n) is 5.04. The third-order valence-corrected chi connectivity index (χ3v) is 5.04. The van der Waals surface area contributed by atoms with Gasteiger partial charge in [-0.2, -0.15) is 5.10 Å². The van der Waals surface area contributed by atoms with Crippen molar-refractivity contribution in [2.75, 3.05) is 13.2 Å². The molecule has 21 heavy (non-hydrogen) atoms. The standard InChI is InChI=1S/C16H25N3O2/c1-11-13(12(2)18(3)17-11)10-16(20)19-8-9-21-15-7-5-4-6-14(15)19/h14-15H,4-10H2,1-3H3/t14-,15+/m1/s1. The highest BCUT2D eigenvalue weighted by atomic mass is 16.5. The minimum absolute atomic E-state index is 0.231. The van der Waals surface area contributed by atoms with Crippen molar-refractivity contribution in [1.29, 1.82) is 0 Å². The summed E-state index contributed by atoms with van der Waals surface area (Å²) in [6.45, 7) is 5.43. The first-order valence-electron chi connectivity index (χ1n) is 7.98. The summed E-state index contributed by atoms with van der Waals surface area (Å²) in [7, 11) is 1.93. The summed E-state index contributed by atoms with van der Waals surface area (Å²) in [5.74, 6) is 0.231. The molecule has 116 valence electrons. The first kappa shape index (κ1) is 14.6.